The summed E-state index contributed by atoms with van der Waals surface area (Å²) in [6.07, 6.45) is 0.418. The van der Waals surface area contributed by atoms with Crippen LogP contribution in [0.2, 0.25) is 0 Å². The third kappa shape index (κ3) is 3.32. The number of fused-ring (bicyclic) bond motifs is 2. The highest BCUT2D eigenvalue weighted by atomic mass is 32.2. The van der Waals surface area contributed by atoms with Gasteiger partial charge in [-0.25, -0.2) is 8.42 Å². The van der Waals surface area contributed by atoms with Gasteiger partial charge in [-0.2, -0.15) is 0 Å². The van der Waals surface area contributed by atoms with Gasteiger partial charge < -0.3 is 9.64 Å². The Bertz CT molecular complexity index is 1140. The SMILES string of the molecule is O=C(C1c2ccccc2Oc2ccccc21)N1CC[C@H](c2cccs2)S(=O)(=O)CC1. The Morgan fingerprint density at radius 1 is 0.933 bits per heavy atom. The first-order valence-electron chi connectivity index (χ1n) is 9.94. The Labute approximate surface area is 179 Å². The lowest BCUT2D eigenvalue weighted by Gasteiger charge is -2.31. The molecule has 0 radical (unpaired) electrons. The standard InChI is InChI=1S/C23H21NO4S2/c25-23(24-12-11-21(20-10-5-14-29-20)30(26,27)15-13-24)22-16-6-1-3-8-18(16)28-19-9-4-2-7-17(19)22/h1-10,14,21-22H,11-13,15H2/t21-/m1/s1. The van der Waals surface area contributed by atoms with E-state index < -0.39 is 21.0 Å². The van der Waals surface area contributed by atoms with Crippen LogP contribution in [-0.2, 0) is 14.6 Å². The highest BCUT2D eigenvalue weighted by Gasteiger charge is 2.38. The summed E-state index contributed by atoms with van der Waals surface area (Å²) in [4.78, 5) is 16.3. The molecule has 154 valence electrons. The Morgan fingerprint density at radius 2 is 1.60 bits per heavy atom. The Kier molecular flexibility index (Phi) is 4.87. The number of ether oxygens (including phenoxy) is 1. The number of thiophene rings is 1. The molecule has 1 amide bonds. The van der Waals surface area contributed by atoms with Crippen molar-refractivity contribution in [2.24, 2.45) is 0 Å². The zero-order valence-electron chi connectivity index (χ0n) is 16.2. The lowest BCUT2D eigenvalue weighted by atomic mass is 9.86. The second-order valence-electron chi connectivity index (χ2n) is 7.60. The van der Waals surface area contributed by atoms with Gasteiger partial charge in [0.05, 0.1) is 16.9 Å². The van der Waals surface area contributed by atoms with E-state index in [0.29, 0.717) is 24.5 Å². The summed E-state index contributed by atoms with van der Waals surface area (Å²) < 4.78 is 31.8. The molecule has 0 aliphatic carbocycles. The minimum atomic E-state index is -3.31. The highest BCUT2D eigenvalue weighted by Crippen LogP contribution is 2.45. The van der Waals surface area contributed by atoms with Gasteiger partial charge in [0, 0.05) is 29.1 Å². The fourth-order valence-corrected chi connectivity index (χ4v) is 7.32. The minimum Gasteiger partial charge on any atom is -0.457 e. The molecule has 2 aliphatic rings. The zero-order valence-corrected chi connectivity index (χ0v) is 17.9. The lowest BCUT2D eigenvalue weighted by Crippen LogP contribution is -2.38. The molecule has 1 saturated heterocycles. The number of carbonyl (C=O) groups excluding carboxylic acids is 1. The molecule has 3 heterocycles. The molecule has 1 atom stereocenters. The molecule has 0 unspecified atom stereocenters. The average molecular weight is 440 g/mol. The van der Waals surface area contributed by atoms with Crippen molar-refractivity contribution in [3.05, 3.63) is 82.0 Å². The van der Waals surface area contributed by atoms with Crippen LogP contribution in [0.1, 0.15) is 33.6 Å². The van der Waals surface area contributed by atoms with Crippen LogP contribution >= 0.6 is 11.3 Å². The van der Waals surface area contributed by atoms with Gasteiger partial charge in [0.25, 0.3) is 0 Å². The van der Waals surface area contributed by atoms with E-state index in [9.17, 15) is 13.2 Å². The molecule has 30 heavy (non-hydrogen) atoms. The van der Waals surface area contributed by atoms with Gasteiger partial charge in [-0.15, -0.1) is 11.3 Å². The van der Waals surface area contributed by atoms with Crippen LogP contribution in [0.25, 0.3) is 0 Å². The predicted octanol–water partition coefficient (Wildman–Crippen LogP) is 4.37. The second-order valence-corrected chi connectivity index (χ2v) is 10.9. The van der Waals surface area contributed by atoms with Crippen molar-refractivity contribution in [1.82, 2.24) is 4.90 Å². The molecule has 0 saturated carbocycles. The molecule has 1 aromatic heterocycles. The lowest BCUT2D eigenvalue weighted by molar-refractivity contribution is -0.131. The van der Waals surface area contributed by atoms with Crippen molar-refractivity contribution in [2.75, 3.05) is 18.8 Å². The number of rotatable bonds is 2. The Morgan fingerprint density at radius 3 is 2.23 bits per heavy atom. The van der Waals surface area contributed by atoms with Crippen LogP contribution in [-0.4, -0.2) is 38.1 Å². The Balaban J connectivity index is 1.48. The van der Waals surface area contributed by atoms with Crippen LogP contribution < -0.4 is 4.74 Å². The van der Waals surface area contributed by atoms with E-state index in [0.717, 1.165) is 16.0 Å². The molecule has 7 heteroatoms. The molecule has 3 aromatic rings. The third-order valence-electron chi connectivity index (χ3n) is 5.84. The van der Waals surface area contributed by atoms with Crippen LogP contribution in [0.3, 0.4) is 0 Å². The number of hydrogen-bond donors (Lipinski definition) is 0. The molecule has 5 rings (SSSR count). The molecular weight excluding hydrogens is 418 g/mol. The summed E-state index contributed by atoms with van der Waals surface area (Å²) in [6, 6.07) is 18.9. The summed E-state index contributed by atoms with van der Waals surface area (Å²) in [6.45, 7) is 0.632. The number of para-hydroxylation sites is 2. The topological polar surface area (TPSA) is 63.7 Å². The maximum Gasteiger partial charge on any atom is 0.234 e. The van der Waals surface area contributed by atoms with Crippen LogP contribution in [0.5, 0.6) is 11.5 Å². The number of hydrogen-bond acceptors (Lipinski definition) is 5. The predicted molar refractivity (Wildman–Crippen MR) is 117 cm³/mol. The van der Waals surface area contributed by atoms with Crippen LogP contribution in [0.4, 0.5) is 0 Å². The third-order valence-corrected chi connectivity index (χ3v) is 9.08. The van der Waals surface area contributed by atoms with E-state index in [4.69, 9.17) is 4.74 Å². The molecule has 1 fully saturated rings. The van der Waals surface area contributed by atoms with E-state index in [1.807, 2.05) is 66.0 Å². The number of amides is 1. The Hall–Kier alpha value is -2.64. The molecule has 0 N–H and O–H groups in total. The normalized spacial score (nSPS) is 20.5. The maximum atomic E-state index is 13.7. The average Bonchev–Trinajstić information content (AvgIpc) is 3.22. The first-order chi connectivity index (χ1) is 14.5. The van der Waals surface area contributed by atoms with E-state index in [2.05, 4.69) is 0 Å². The molecular formula is C23H21NO4S2. The molecule has 0 bridgehead atoms. The van der Waals surface area contributed by atoms with Crippen molar-refractivity contribution < 1.29 is 17.9 Å². The van der Waals surface area contributed by atoms with Crippen LogP contribution in [0, 0.1) is 0 Å². The maximum absolute atomic E-state index is 13.7. The van der Waals surface area contributed by atoms with Crippen molar-refractivity contribution >= 4 is 27.1 Å². The van der Waals surface area contributed by atoms with Crippen molar-refractivity contribution in [2.45, 2.75) is 17.6 Å². The van der Waals surface area contributed by atoms with Crippen molar-refractivity contribution in [1.29, 1.82) is 0 Å². The highest BCUT2D eigenvalue weighted by molar-refractivity contribution is 7.91. The number of nitrogens with zero attached hydrogens (tertiary/aromatic N) is 1. The van der Waals surface area contributed by atoms with Gasteiger partial charge in [0.15, 0.2) is 9.84 Å². The first kappa shape index (κ1) is 19.3. The zero-order chi connectivity index (χ0) is 20.7. The largest absolute Gasteiger partial charge is 0.457 e. The van der Waals surface area contributed by atoms with Gasteiger partial charge in [0.2, 0.25) is 5.91 Å². The molecule has 2 aromatic carbocycles. The smallest absolute Gasteiger partial charge is 0.234 e. The molecule has 5 nitrogen and oxygen atoms in total. The van der Waals surface area contributed by atoms with Gasteiger partial charge in [0.1, 0.15) is 11.5 Å². The molecule has 0 spiro atoms. The van der Waals surface area contributed by atoms with E-state index in [1.54, 1.807) is 4.90 Å². The fourth-order valence-electron chi connectivity index (χ4n) is 4.32. The fraction of sp³-hybridized carbons (Fsp3) is 0.261. The van der Waals surface area contributed by atoms with Gasteiger partial charge in [-0.05, 0) is 30.0 Å². The van der Waals surface area contributed by atoms with Crippen molar-refractivity contribution in [3.63, 3.8) is 0 Å². The van der Waals surface area contributed by atoms with Gasteiger partial charge in [-0.3, -0.25) is 4.79 Å². The monoisotopic (exact) mass is 439 g/mol. The van der Waals surface area contributed by atoms with E-state index in [-0.39, 0.29) is 18.2 Å². The number of benzene rings is 2. The minimum absolute atomic E-state index is 0.0200. The van der Waals surface area contributed by atoms with E-state index in [1.165, 1.54) is 11.3 Å². The first-order valence-corrected chi connectivity index (χ1v) is 12.5. The quantitative estimate of drug-likeness (QED) is 0.595. The summed E-state index contributed by atoms with van der Waals surface area (Å²) in [5.41, 5.74) is 1.64. The number of carbonyl (C=O) groups is 1. The van der Waals surface area contributed by atoms with Gasteiger partial charge >= 0.3 is 0 Å². The summed E-state index contributed by atoms with van der Waals surface area (Å²) in [7, 11) is -3.31. The molecule has 2 aliphatic heterocycles. The summed E-state index contributed by atoms with van der Waals surface area (Å²) >= 11 is 1.46. The van der Waals surface area contributed by atoms with E-state index >= 15 is 0 Å². The number of sulfone groups is 1. The van der Waals surface area contributed by atoms with Crippen molar-refractivity contribution in [3.8, 4) is 11.5 Å². The summed E-state index contributed by atoms with van der Waals surface area (Å²) in [5, 5.41) is 1.36. The summed E-state index contributed by atoms with van der Waals surface area (Å²) in [5.74, 6) is 0.766. The van der Waals surface area contributed by atoms with Crippen LogP contribution in [0.15, 0.2) is 66.0 Å². The van der Waals surface area contributed by atoms with Gasteiger partial charge in [-0.1, -0.05) is 42.5 Å². The second kappa shape index (κ2) is 7.56.